The van der Waals surface area contributed by atoms with E-state index in [1.165, 1.54) is 0 Å². The lowest BCUT2D eigenvalue weighted by Gasteiger charge is -2.37. The summed E-state index contributed by atoms with van der Waals surface area (Å²) in [7, 11) is 0. The number of fused-ring (bicyclic) bond motifs is 1. The molecule has 0 aliphatic carbocycles. The molecule has 1 unspecified atom stereocenters. The van der Waals surface area contributed by atoms with Gasteiger partial charge in [-0.25, -0.2) is 4.98 Å². The van der Waals surface area contributed by atoms with Gasteiger partial charge >= 0.3 is 0 Å². The number of rotatable bonds is 2. The molecular formula is C16H18ClN3O. The van der Waals surface area contributed by atoms with Crippen LogP contribution in [-0.2, 0) is 10.3 Å². The summed E-state index contributed by atoms with van der Waals surface area (Å²) in [5.74, 6) is 0.832. The van der Waals surface area contributed by atoms with Crippen LogP contribution in [0.4, 0.5) is 0 Å². The molecule has 2 aromatic rings. The van der Waals surface area contributed by atoms with Crippen LogP contribution in [0, 0.1) is 11.3 Å². The first kappa shape index (κ1) is 14.4. The molecule has 1 saturated heterocycles. The molecule has 0 bridgehead atoms. The Hall–Kier alpha value is -1.57. The van der Waals surface area contributed by atoms with E-state index in [9.17, 15) is 5.26 Å². The Morgan fingerprint density at radius 3 is 2.76 bits per heavy atom. The average Bonchev–Trinajstić information content (AvgIpc) is 2.88. The van der Waals surface area contributed by atoms with Gasteiger partial charge in [-0.2, -0.15) is 5.26 Å². The third kappa shape index (κ3) is 2.31. The molecule has 0 radical (unpaired) electrons. The summed E-state index contributed by atoms with van der Waals surface area (Å²) >= 11 is 6.36. The van der Waals surface area contributed by atoms with Gasteiger partial charge in [0, 0.05) is 18.8 Å². The molecule has 0 saturated carbocycles. The molecule has 1 aromatic heterocycles. The van der Waals surface area contributed by atoms with Gasteiger partial charge in [-0.15, -0.1) is 11.6 Å². The van der Waals surface area contributed by atoms with Crippen molar-refractivity contribution < 1.29 is 4.74 Å². The molecule has 1 aliphatic rings. The second-order valence-corrected chi connectivity index (χ2v) is 6.47. The van der Waals surface area contributed by atoms with Crippen molar-refractivity contribution in [3.05, 3.63) is 29.6 Å². The zero-order valence-electron chi connectivity index (χ0n) is 12.3. The topological polar surface area (TPSA) is 50.8 Å². The summed E-state index contributed by atoms with van der Waals surface area (Å²) in [5.41, 5.74) is 2.26. The van der Waals surface area contributed by atoms with Crippen molar-refractivity contribution in [1.82, 2.24) is 9.55 Å². The van der Waals surface area contributed by atoms with Crippen molar-refractivity contribution in [2.45, 2.75) is 37.6 Å². The number of hydrogen-bond acceptors (Lipinski definition) is 3. The van der Waals surface area contributed by atoms with Crippen LogP contribution in [0.1, 0.15) is 43.5 Å². The van der Waals surface area contributed by atoms with E-state index in [-0.39, 0.29) is 10.9 Å². The summed E-state index contributed by atoms with van der Waals surface area (Å²) in [4.78, 5) is 4.67. The minimum absolute atomic E-state index is 0.0699. The Balaban J connectivity index is 2.29. The Labute approximate surface area is 129 Å². The first-order valence-electron chi connectivity index (χ1n) is 7.20. The normalized spacial score (nSPS) is 19.3. The highest BCUT2D eigenvalue weighted by atomic mass is 35.5. The SMILES string of the molecule is CC(Cl)c1nc2c(C#N)cccc2n1C1(C)CCOCC1. The quantitative estimate of drug-likeness (QED) is 0.794. The number of halogens is 1. The molecule has 4 nitrogen and oxygen atoms in total. The Morgan fingerprint density at radius 2 is 2.14 bits per heavy atom. The van der Waals surface area contributed by atoms with Crippen LogP contribution >= 0.6 is 11.6 Å². The molecule has 1 aromatic carbocycles. The van der Waals surface area contributed by atoms with Crippen LogP contribution in [0.3, 0.4) is 0 Å². The lowest BCUT2D eigenvalue weighted by atomic mass is 9.91. The molecular weight excluding hydrogens is 286 g/mol. The fourth-order valence-electron chi connectivity index (χ4n) is 3.08. The molecule has 21 heavy (non-hydrogen) atoms. The predicted molar refractivity (Wildman–Crippen MR) is 82.4 cm³/mol. The number of ether oxygens (including phenoxy) is 1. The Kier molecular flexibility index (Phi) is 3.64. The number of hydrogen-bond donors (Lipinski definition) is 0. The van der Waals surface area contributed by atoms with Gasteiger partial charge in [-0.3, -0.25) is 0 Å². The summed E-state index contributed by atoms with van der Waals surface area (Å²) in [5, 5.41) is 9.09. The molecule has 110 valence electrons. The second-order valence-electron chi connectivity index (χ2n) is 5.82. The van der Waals surface area contributed by atoms with Crippen LogP contribution < -0.4 is 0 Å². The van der Waals surface area contributed by atoms with Crippen molar-refractivity contribution in [3.63, 3.8) is 0 Å². The average molecular weight is 304 g/mol. The fraction of sp³-hybridized carbons (Fsp3) is 0.500. The number of nitrogens with zero attached hydrogens (tertiary/aromatic N) is 3. The highest BCUT2D eigenvalue weighted by Gasteiger charge is 2.34. The lowest BCUT2D eigenvalue weighted by Crippen LogP contribution is -2.37. The van der Waals surface area contributed by atoms with Crippen molar-refractivity contribution in [2.75, 3.05) is 13.2 Å². The van der Waals surface area contributed by atoms with Crippen LogP contribution in [0.2, 0.25) is 0 Å². The molecule has 2 heterocycles. The summed E-state index contributed by atoms with van der Waals surface area (Å²) < 4.78 is 7.73. The van der Waals surface area contributed by atoms with E-state index < -0.39 is 0 Å². The van der Waals surface area contributed by atoms with Gasteiger partial charge in [0.15, 0.2) is 0 Å². The van der Waals surface area contributed by atoms with Gasteiger partial charge < -0.3 is 9.30 Å². The molecule has 0 amide bonds. The van der Waals surface area contributed by atoms with Crippen molar-refractivity contribution >= 4 is 22.6 Å². The summed E-state index contributed by atoms with van der Waals surface area (Å²) in [6.45, 7) is 5.63. The zero-order valence-corrected chi connectivity index (χ0v) is 13.0. The Morgan fingerprint density at radius 1 is 1.43 bits per heavy atom. The summed E-state index contributed by atoms with van der Waals surface area (Å²) in [6, 6.07) is 7.95. The molecule has 1 atom stereocenters. The number of nitriles is 1. The zero-order chi connectivity index (χ0) is 15.0. The maximum absolute atomic E-state index is 9.30. The monoisotopic (exact) mass is 303 g/mol. The standard InChI is InChI=1S/C16H18ClN3O/c1-11(17)15-19-14-12(10-18)4-3-5-13(14)20(15)16(2)6-8-21-9-7-16/h3-5,11H,6-9H2,1-2H3. The van der Waals surface area contributed by atoms with E-state index in [2.05, 4.69) is 22.5 Å². The largest absolute Gasteiger partial charge is 0.381 e. The van der Waals surface area contributed by atoms with E-state index >= 15 is 0 Å². The summed E-state index contributed by atoms with van der Waals surface area (Å²) in [6.07, 6.45) is 1.84. The maximum Gasteiger partial charge on any atom is 0.128 e. The van der Waals surface area contributed by atoms with Crippen molar-refractivity contribution in [1.29, 1.82) is 5.26 Å². The Bertz CT molecular complexity index is 708. The first-order valence-corrected chi connectivity index (χ1v) is 7.64. The van der Waals surface area contributed by atoms with E-state index in [1.54, 1.807) is 6.07 Å². The molecule has 5 heteroatoms. The van der Waals surface area contributed by atoms with E-state index in [4.69, 9.17) is 16.3 Å². The van der Waals surface area contributed by atoms with Crippen LogP contribution in [0.5, 0.6) is 0 Å². The number of para-hydroxylation sites is 1. The van der Waals surface area contributed by atoms with Crippen LogP contribution in [-0.4, -0.2) is 22.8 Å². The maximum atomic E-state index is 9.30. The van der Waals surface area contributed by atoms with Crippen LogP contribution in [0.25, 0.3) is 11.0 Å². The van der Waals surface area contributed by atoms with Gasteiger partial charge in [-0.1, -0.05) is 6.07 Å². The van der Waals surface area contributed by atoms with E-state index in [1.807, 2.05) is 19.1 Å². The third-order valence-electron chi connectivity index (χ3n) is 4.30. The first-order chi connectivity index (χ1) is 10.1. The van der Waals surface area contributed by atoms with E-state index in [0.717, 1.165) is 42.9 Å². The minimum atomic E-state index is -0.205. The van der Waals surface area contributed by atoms with Gasteiger partial charge in [0.2, 0.25) is 0 Å². The smallest absolute Gasteiger partial charge is 0.128 e. The van der Waals surface area contributed by atoms with Gasteiger partial charge in [0.05, 0.1) is 16.5 Å². The highest BCUT2D eigenvalue weighted by molar-refractivity contribution is 6.20. The predicted octanol–water partition coefficient (Wildman–Crippen LogP) is 3.73. The van der Waals surface area contributed by atoms with Gasteiger partial charge in [0.25, 0.3) is 0 Å². The molecule has 0 spiro atoms. The van der Waals surface area contributed by atoms with Crippen LogP contribution in [0.15, 0.2) is 18.2 Å². The van der Waals surface area contributed by atoms with Gasteiger partial charge in [-0.05, 0) is 38.8 Å². The fourth-order valence-corrected chi connectivity index (χ4v) is 3.22. The molecule has 3 rings (SSSR count). The molecule has 0 N–H and O–H groups in total. The third-order valence-corrected chi connectivity index (χ3v) is 4.49. The van der Waals surface area contributed by atoms with Crippen molar-refractivity contribution in [3.8, 4) is 6.07 Å². The van der Waals surface area contributed by atoms with Crippen molar-refractivity contribution in [2.24, 2.45) is 0 Å². The number of imidazole rings is 1. The number of aromatic nitrogens is 2. The van der Waals surface area contributed by atoms with E-state index in [0.29, 0.717) is 5.56 Å². The second kappa shape index (κ2) is 5.32. The number of alkyl halides is 1. The highest BCUT2D eigenvalue weighted by Crippen LogP contribution is 2.37. The molecule has 1 fully saturated rings. The number of benzene rings is 1. The van der Waals surface area contributed by atoms with Gasteiger partial charge in [0.1, 0.15) is 17.4 Å². The molecule has 1 aliphatic heterocycles. The minimum Gasteiger partial charge on any atom is -0.381 e. The lowest BCUT2D eigenvalue weighted by molar-refractivity contribution is 0.0300.